The molecule has 0 bridgehead atoms. The van der Waals surface area contributed by atoms with Crippen molar-refractivity contribution >= 4 is 34.8 Å². The SMILES string of the molecule is COc1ccc(-c2nc(Cl)c(Cl)cc2Cl)cn1. The molecule has 6 heteroatoms. The molecule has 88 valence electrons. The van der Waals surface area contributed by atoms with Gasteiger partial charge in [-0.05, 0) is 12.1 Å². The number of ether oxygens (including phenoxy) is 1. The summed E-state index contributed by atoms with van der Waals surface area (Å²) in [5.41, 5.74) is 1.28. The Labute approximate surface area is 113 Å². The standard InChI is InChI=1S/C11H7Cl3N2O/c1-17-9-3-2-6(5-15-9)10-7(12)4-8(13)11(14)16-10/h2-5H,1H3. The van der Waals surface area contributed by atoms with E-state index < -0.39 is 0 Å². The van der Waals surface area contributed by atoms with Crippen molar-refractivity contribution in [2.45, 2.75) is 0 Å². The normalized spacial score (nSPS) is 10.4. The van der Waals surface area contributed by atoms with Crippen molar-refractivity contribution in [3.8, 4) is 17.1 Å². The van der Waals surface area contributed by atoms with Crippen LogP contribution < -0.4 is 4.74 Å². The third-order valence-electron chi connectivity index (χ3n) is 2.11. The lowest BCUT2D eigenvalue weighted by Crippen LogP contribution is -1.90. The van der Waals surface area contributed by atoms with E-state index in [4.69, 9.17) is 39.5 Å². The van der Waals surface area contributed by atoms with Crippen LogP contribution in [-0.2, 0) is 0 Å². The second kappa shape index (κ2) is 5.08. The largest absolute Gasteiger partial charge is 0.481 e. The highest BCUT2D eigenvalue weighted by Crippen LogP contribution is 2.32. The number of aromatic nitrogens is 2. The van der Waals surface area contributed by atoms with E-state index in [9.17, 15) is 0 Å². The average Bonchev–Trinajstić information content (AvgIpc) is 2.34. The fourth-order valence-corrected chi connectivity index (χ4v) is 1.89. The van der Waals surface area contributed by atoms with Gasteiger partial charge in [0.25, 0.3) is 0 Å². The number of hydrogen-bond acceptors (Lipinski definition) is 3. The molecule has 0 fully saturated rings. The van der Waals surface area contributed by atoms with E-state index in [0.29, 0.717) is 21.6 Å². The maximum atomic E-state index is 6.05. The molecule has 0 aliphatic rings. The monoisotopic (exact) mass is 288 g/mol. The van der Waals surface area contributed by atoms with Crippen LogP contribution in [0.25, 0.3) is 11.3 Å². The van der Waals surface area contributed by atoms with Crippen LogP contribution in [0.1, 0.15) is 0 Å². The lowest BCUT2D eigenvalue weighted by Gasteiger charge is -2.06. The predicted octanol–water partition coefficient (Wildman–Crippen LogP) is 4.11. The number of rotatable bonds is 2. The molecule has 0 amide bonds. The molecular formula is C11H7Cl3N2O. The van der Waals surface area contributed by atoms with Gasteiger partial charge in [0, 0.05) is 17.8 Å². The molecule has 0 aliphatic carbocycles. The number of nitrogens with zero attached hydrogens (tertiary/aromatic N) is 2. The Morgan fingerprint density at radius 2 is 1.88 bits per heavy atom. The molecule has 0 saturated carbocycles. The summed E-state index contributed by atoms with van der Waals surface area (Å²) in [6, 6.07) is 5.07. The fourth-order valence-electron chi connectivity index (χ4n) is 1.29. The summed E-state index contributed by atoms with van der Waals surface area (Å²) >= 11 is 17.7. The van der Waals surface area contributed by atoms with Crippen LogP contribution in [0, 0.1) is 0 Å². The first kappa shape index (κ1) is 12.4. The Kier molecular flexibility index (Phi) is 3.72. The van der Waals surface area contributed by atoms with E-state index in [1.54, 1.807) is 31.5 Å². The molecule has 0 aromatic carbocycles. The second-order valence-electron chi connectivity index (χ2n) is 3.18. The van der Waals surface area contributed by atoms with Gasteiger partial charge in [0.05, 0.1) is 22.8 Å². The quantitative estimate of drug-likeness (QED) is 0.780. The lowest BCUT2D eigenvalue weighted by atomic mass is 10.2. The maximum absolute atomic E-state index is 6.05. The molecule has 0 saturated heterocycles. The predicted molar refractivity (Wildman–Crippen MR) is 69.1 cm³/mol. The Hall–Kier alpha value is -1.03. The van der Waals surface area contributed by atoms with Gasteiger partial charge in [-0.2, -0.15) is 0 Å². The van der Waals surface area contributed by atoms with Crippen molar-refractivity contribution in [1.29, 1.82) is 0 Å². The van der Waals surface area contributed by atoms with Crippen LogP contribution in [0.4, 0.5) is 0 Å². The number of halogens is 3. The van der Waals surface area contributed by atoms with Crippen molar-refractivity contribution in [3.05, 3.63) is 39.6 Å². The van der Waals surface area contributed by atoms with Gasteiger partial charge in [0.2, 0.25) is 5.88 Å². The minimum Gasteiger partial charge on any atom is -0.481 e. The lowest BCUT2D eigenvalue weighted by molar-refractivity contribution is 0.398. The van der Waals surface area contributed by atoms with Crippen LogP contribution in [0.15, 0.2) is 24.4 Å². The molecule has 0 spiro atoms. The molecule has 2 aromatic heterocycles. The fraction of sp³-hybridized carbons (Fsp3) is 0.0909. The van der Waals surface area contributed by atoms with E-state index in [-0.39, 0.29) is 5.15 Å². The molecule has 17 heavy (non-hydrogen) atoms. The highest BCUT2D eigenvalue weighted by atomic mass is 35.5. The Morgan fingerprint density at radius 1 is 1.12 bits per heavy atom. The highest BCUT2D eigenvalue weighted by molar-refractivity contribution is 6.42. The zero-order valence-corrected chi connectivity index (χ0v) is 11.0. The van der Waals surface area contributed by atoms with Crippen LogP contribution in [0.5, 0.6) is 5.88 Å². The van der Waals surface area contributed by atoms with Gasteiger partial charge in [-0.15, -0.1) is 0 Å². The first-order valence-electron chi connectivity index (χ1n) is 4.64. The summed E-state index contributed by atoms with van der Waals surface area (Å²) in [5, 5.41) is 0.954. The van der Waals surface area contributed by atoms with Crippen molar-refractivity contribution in [2.24, 2.45) is 0 Å². The van der Waals surface area contributed by atoms with E-state index in [0.717, 1.165) is 5.56 Å². The van der Waals surface area contributed by atoms with Crippen molar-refractivity contribution in [2.75, 3.05) is 7.11 Å². The highest BCUT2D eigenvalue weighted by Gasteiger charge is 2.10. The number of methoxy groups -OCH3 is 1. The Morgan fingerprint density at radius 3 is 2.47 bits per heavy atom. The first-order chi connectivity index (χ1) is 8.11. The van der Waals surface area contributed by atoms with Gasteiger partial charge in [0.15, 0.2) is 0 Å². The Bertz CT molecular complexity index is 543. The summed E-state index contributed by atoms with van der Waals surface area (Å²) in [5.74, 6) is 0.518. The van der Waals surface area contributed by atoms with Gasteiger partial charge in [-0.3, -0.25) is 0 Å². The first-order valence-corrected chi connectivity index (χ1v) is 5.77. The summed E-state index contributed by atoms with van der Waals surface area (Å²) < 4.78 is 4.97. The number of hydrogen-bond donors (Lipinski definition) is 0. The van der Waals surface area contributed by atoms with Gasteiger partial charge >= 0.3 is 0 Å². The molecule has 3 nitrogen and oxygen atoms in total. The van der Waals surface area contributed by atoms with Crippen LogP contribution >= 0.6 is 34.8 Å². The van der Waals surface area contributed by atoms with Crippen molar-refractivity contribution in [1.82, 2.24) is 9.97 Å². The van der Waals surface area contributed by atoms with Crippen LogP contribution in [-0.4, -0.2) is 17.1 Å². The van der Waals surface area contributed by atoms with Crippen LogP contribution in [0.2, 0.25) is 15.2 Å². The zero-order chi connectivity index (χ0) is 12.4. The molecule has 0 unspecified atom stereocenters. The van der Waals surface area contributed by atoms with Crippen molar-refractivity contribution in [3.63, 3.8) is 0 Å². The molecule has 0 radical (unpaired) electrons. The second-order valence-corrected chi connectivity index (χ2v) is 4.35. The third-order valence-corrected chi connectivity index (χ3v) is 3.07. The molecule has 2 rings (SSSR count). The van der Waals surface area contributed by atoms with Crippen LogP contribution in [0.3, 0.4) is 0 Å². The summed E-state index contributed by atoms with van der Waals surface area (Å²) in [6.45, 7) is 0. The summed E-state index contributed by atoms with van der Waals surface area (Å²) in [6.07, 6.45) is 1.61. The minimum absolute atomic E-state index is 0.210. The molecule has 0 N–H and O–H groups in total. The smallest absolute Gasteiger partial charge is 0.212 e. The van der Waals surface area contributed by atoms with E-state index in [1.165, 1.54) is 0 Å². The van der Waals surface area contributed by atoms with Gasteiger partial charge in [0.1, 0.15) is 5.15 Å². The molecular weight excluding hydrogens is 282 g/mol. The van der Waals surface area contributed by atoms with Crippen molar-refractivity contribution < 1.29 is 4.74 Å². The minimum atomic E-state index is 0.210. The maximum Gasteiger partial charge on any atom is 0.212 e. The van der Waals surface area contributed by atoms with E-state index in [2.05, 4.69) is 9.97 Å². The zero-order valence-electron chi connectivity index (χ0n) is 8.75. The summed E-state index contributed by atoms with van der Waals surface area (Å²) in [4.78, 5) is 8.19. The van der Waals surface area contributed by atoms with E-state index >= 15 is 0 Å². The topological polar surface area (TPSA) is 35.0 Å². The third kappa shape index (κ3) is 2.63. The molecule has 0 aliphatic heterocycles. The summed E-state index contributed by atoms with van der Waals surface area (Å²) in [7, 11) is 1.55. The molecule has 0 atom stereocenters. The average molecular weight is 290 g/mol. The van der Waals surface area contributed by atoms with Gasteiger partial charge < -0.3 is 4.74 Å². The Balaban J connectivity index is 2.48. The van der Waals surface area contributed by atoms with E-state index in [1.807, 2.05) is 0 Å². The van der Waals surface area contributed by atoms with Gasteiger partial charge in [-0.1, -0.05) is 34.8 Å². The molecule has 2 heterocycles. The molecule has 2 aromatic rings. The number of pyridine rings is 2. The van der Waals surface area contributed by atoms with Gasteiger partial charge in [-0.25, -0.2) is 9.97 Å².